The summed E-state index contributed by atoms with van der Waals surface area (Å²) in [4.78, 5) is 22.3. The topological polar surface area (TPSA) is 70.2 Å². The van der Waals surface area contributed by atoms with E-state index in [1.807, 2.05) is 24.3 Å². The number of benzene rings is 1. The van der Waals surface area contributed by atoms with Crippen LogP contribution in [0, 0.1) is 0 Å². The quantitative estimate of drug-likeness (QED) is 0.705. The molecule has 3 aromatic rings. The summed E-state index contributed by atoms with van der Waals surface area (Å²) in [6, 6.07) is 14.5. The van der Waals surface area contributed by atoms with Crippen LogP contribution in [0.15, 0.2) is 48.7 Å². The number of pyridine rings is 1. The molecule has 1 amide bonds. The predicted molar refractivity (Wildman–Crippen MR) is 118 cm³/mol. The Kier molecular flexibility index (Phi) is 5.07. The molecule has 0 atom stereocenters. The van der Waals surface area contributed by atoms with Gasteiger partial charge < -0.3 is 19.9 Å². The van der Waals surface area contributed by atoms with Gasteiger partial charge in [-0.2, -0.15) is 0 Å². The molecule has 6 nitrogen and oxygen atoms in total. The van der Waals surface area contributed by atoms with Crippen molar-refractivity contribution in [2.45, 2.75) is 6.42 Å². The fraction of sp³-hybridized carbons (Fsp3) is 0.250. The van der Waals surface area contributed by atoms with E-state index in [9.17, 15) is 4.79 Å². The lowest BCUT2D eigenvalue weighted by Crippen LogP contribution is -2.36. The maximum Gasteiger partial charge on any atom is 0.253 e. The molecule has 4 heterocycles. The van der Waals surface area contributed by atoms with Crippen LogP contribution < -0.4 is 10.2 Å². The van der Waals surface area contributed by atoms with Gasteiger partial charge in [0.15, 0.2) is 0 Å². The SMILES string of the molecule is O=C1NCCc2[nH]c(-c3ccnc(/C=C/c4cccc(N5CCOCC5)c4)c3)cc21. The Labute approximate surface area is 175 Å². The zero-order valence-corrected chi connectivity index (χ0v) is 16.7. The van der Waals surface area contributed by atoms with E-state index in [0.717, 1.165) is 66.5 Å². The number of fused-ring (bicyclic) bond motifs is 1. The number of hydrogen-bond acceptors (Lipinski definition) is 4. The number of aromatic amines is 1. The first-order valence-corrected chi connectivity index (χ1v) is 10.3. The van der Waals surface area contributed by atoms with E-state index >= 15 is 0 Å². The third-order valence-electron chi connectivity index (χ3n) is 5.59. The van der Waals surface area contributed by atoms with Crippen LogP contribution in [0.3, 0.4) is 0 Å². The fourth-order valence-electron chi connectivity index (χ4n) is 3.98. The highest BCUT2D eigenvalue weighted by molar-refractivity contribution is 5.97. The minimum atomic E-state index is -0.00641. The van der Waals surface area contributed by atoms with Gasteiger partial charge in [-0.05, 0) is 42.0 Å². The van der Waals surface area contributed by atoms with Crippen molar-refractivity contribution in [1.82, 2.24) is 15.3 Å². The van der Waals surface area contributed by atoms with E-state index in [4.69, 9.17) is 4.74 Å². The average Bonchev–Trinajstić information content (AvgIpc) is 3.25. The Morgan fingerprint density at radius 1 is 1.07 bits per heavy atom. The van der Waals surface area contributed by atoms with Gasteiger partial charge in [-0.1, -0.05) is 18.2 Å². The molecule has 2 aliphatic rings. The second kappa shape index (κ2) is 8.16. The van der Waals surface area contributed by atoms with E-state index in [0.29, 0.717) is 6.54 Å². The molecule has 0 bridgehead atoms. The summed E-state index contributed by atoms with van der Waals surface area (Å²) in [6.45, 7) is 4.09. The van der Waals surface area contributed by atoms with Crippen molar-refractivity contribution in [1.29, 1.82) is 0 Å². The molecule has 0 aliphatic carbocycles. The molecule has 5 rings (SSSR count). The highest BCUT2D eigenvalue weighted by Gasteiger charge is 2.20. The first-order chi connectivity index (χ1) is 14.8. The number of nitrogens with one attached hydrogen (secondary N) is 2. The molecular weight excluding hydrogens is 376 g/mol. The Hall–Kier alpha value is -3.38. The van der Waals surface area contributed by atoms with Crippen molar-refractivity contribution in [2.24, 2.45) is 0 Å². The Bertz CT molecular complexity index is 1100. The molecule has 0 unspecified atom stereocenters. The molecule has 1 aromatic carbocycles. The van der Waals surface area contributed by atoms with Crippen LogP contribution in [-0.4, -0.2) is 48.7 Å². The third kappa shape index (κ3) is 3.86. The minimum absolute atomic E-state index is 0.00641. The lowest BCUT2D eigenvalue weighted by Gasteiger charge is -2.29. The van der Waals surface area contributed by atoms with Crippen molar-refractivity contribution in [2.75, 3.05) is 37.7 Å². The normalized spacial score (nSPS) is 16.5. The Morgan fingerprint density at radius 2 is 1.97 bits per heavy atom. The van der Waals surface area contributed by atoms with E-state index in [1.165, 1.54) is 5.69 Å². The minimum Gasteiger partial charge on any atom is -0.378 e. The van der Waals surface area contributed by atoms with Gasteiger partial charge in [-0.25, -0.2) is 0 Å². The smallest absolute Gasteiger partial charge is 0.253 e. The number of nitrogens with zero attached hydrogens (tertiary/aromatic N) is 2. The molecule has 2 N–H and O–H groups in total. The van der Waals surface area contributed by atoms with Crippen molar-refractivity contribution in [3.05, 3.63) is 71.2 Å². The summed E-state index contributed by atoms with van der Waals surface area (Å²) < 4.78 is 5.45. The highest BCUT2D eigenvalue weighted by atomic mass is 16.5. The molecule has 152 valence electrons. The van der Waals surface area contributed by atoms with Gasteiger partial charge in [0, 0.05) is 54.9 Å². The number of aromatic nitrogens is 2. The van der Waals surface area contributed by atoms with E-state index in [2.05, 4.69) is 50.5 Å². The Balaban J connectivity index is 1.36. The average molecular weight is 400 g/mol. The highest BCUT2D eigenvalue weighted by Crippen LogP contribution is 2.25. The van der Waals surface area contributed by atoms with E-state index in [-0.39, 0.29) is 5.91 Å². The molecule has 0 spiro atoms. The van der Waals surface area contributed by atoms with Crippen molar-refractivity contribution >= 4 is 23.7 Å². The van der Waals surface area contributed by atoms with Crippen LogP contribution in [-0.2, 0) is 11.2 Å². The van der Waals surface area contributed by atoms with Crippen LogP contribution >= 0.6 is 0 Å². The van der Waals surface area contributed by atoms with Gasteiger partial charge in [-0.15, -0.1) is 0 Å². The van der Waals surface area contributed by atoms with Crippen LogP contribution in [0.4, 0.5) is 5.69 Å². The molecule has 2 aromatic heterocycles. The van der Waals surface area contributed by atoms with E-state index in [1.54, 1.807) is 6.20 Å². The van der Waals surface area contributed by atoms with Gasteiger partial charge in [0.05, 0.1) is 24.5 Å². The summed E-state index contributed by atoms with van der Waals surface area (Å²) in [5.41, 5.74) is 6.95. The molecule has 30 heavy (non-hydrogen) atoms. The standard InChI is InChI=1S/C24H24N4O2/c29-24-21-16-23(27-22(21)7-9-26-24)18-6-8-25-19(15-18)5-4-17-2-1-3-20(14-17)28-10-12-30-13-11-28/h1-6,8,14-16,27H,7,9-13H2,(H,26,29)/b5-4+. The van der Waals surface area contributed by atoms with Gasteiger partial charge in [0.2, 0.25) is 0 Å². The number of H-pyrrole nitrogens is 1. The van der Waals surface area contributed by atoms with Crippen LogP contribution in [0.2, 0.25) is 0 Å². The summed E-state index contributed by atoms with van der Waals surface area (Å²) >= 11 is 0. The number of morpholine rings is 1. The molecular formula is C24H24N4O2. The molecule has 6 heteroatoms. The van der Waals surface area contributed by atoms with Crippen molar-refractivity contribution in [3.63, 3.8) is 0 Å². The maximum absolute atomic E-state index is 12.0. The Morgan fingerprint density at radius 3 is 2.83 bits per heavy atom. The third-order valence-corrected chi connectivity index (χ3v) is 5.59. The number of hydrogen-bond donors (Lipinski definition) is 2. The number of rotatable bonds is 4. The first-order valence-electron chi connectivity index (χ1n) is 10.3. The van der Waals surface area contributed by atoms with Crippen molar-refractivity contribution in [3.8, 4) is 11.3 Å². The number of ether oxygens (including phenoxy) is 1. The predicted octanol–water partition coefficient (Wildman–Crippen LogP) is 3.37. The fourth-order valence-corrected chi connectivity index (χ4v) is 3.98. The molecule has 1 fully saturated rings. The number of carbonyl (C=O) groups excluding carboxylic acids is 1. The molecule has 0 radical (unpaired) electrons. The van der Waals surface area contributed by atoms with Crippen molar-refractivity contribution < 1.29 is 9.53 Å². The molecule has 0 saturated carbocycles. The lowest BCUT2D eigenvalue weighted by atomic mass is 10.1. The monoisotopic (exact) mass is 400 g/mol. The first kappa shape index (κ1) is 18.6. The number of amides is 1. The number of anilines is 1. The van der Waals surface area contributed by atoms with Gasteiger partial charge in [-0.3, -0.25) is 9.78 Å². The summed E-state index contributed by atoms with van der Waals surface area (Å²) in [7, 11) is 0. The van der Waals surface area contributed by atoms with E-state index < -0.39 is 0 Å². The van der Waals surface area contributed by atoms with Gasteiger partial charge in [0.1, 0.15) is 0 Å². The second-order valence-electron chi connectivity index (χ2n) is 7.58. The van der Waals surface area contributed by atoms with Crippen LogP contribution in [0.25, 0.3) is 23.4 Å². The second-order valence-corrected chi connectivity index (χ2v) is 7.58. The zero-order chi connectivity index (χ0) is 20.3. The van der Waals surface area contributed by atoms with Crippen LogP contribution in [0.1, 0.15) is 27.3 Å². The molecule has 2 aliphatic heterocycles. The van der Waals surface area contributed by atoms with Crippen LogP contribution in [0.5, 0.6) is 0 Å². The summed E-state index contributed by atoms with van der Waals surface area (Å²) in [5, 5.41) is 2.89. The maximum atomic E-state index is 12.0. The molecule has 1 saturated heterocycles. The largest absolute Gasteiger partial charge is 0.378 e. The zero-order valence-electron chi connectivity index (χ0n) is 16.7. The summed E-state index contributed by atoms with van der Waals surface area (Å²) in [5.74, 6) is -0.00641. The lowest BCUT2D eigenvalue weighted by molar-refractivity contribution is 0.0946. The summed E-state index contributed by atoms with van der Waals surface area (Å²) in [6.07, 6.45) is 6.75. The van der Waals surface area contributed by atoms with Gasteiger partial charge >= 0.3 is 0 Å². The van der Waals surface area contributed by atoms with Gasteiger partial charge in [0.25, 0.3) is 5.91 Å². The number of carbonyl (C=O) groups is 1.